The smallest absolute Gasteiger partial charge is 0.326 e. The fourth-order valence-electron chi connectivity index (χ4n) is 4.05. The third-order valence-corrected chi connectivity index (χ3v) is 6.54. The topological polar surface area (TPSA) is 98.0 Å². The lowest BCUT2D eigenvalue weighted by Crippen LogP contribution is -2.36. The van der Waals surface area contributed by atoms with Crippen LogP contribution in [0.2, 0.25) is 0 Å². The van der Waals surface area contributed by atoms with Gasteiger partial charge in [-0.3, -0.25) is 28.5 Å². The number of likely N-dealkylation sites (tertiary alicyclic amines) is 1. The van der Waals surface area contributed by atoms with Crippen LogP contribution in [-0.2, 0) is 25.7 Å². The lowest BCUT2D eigenvalue weighted by molar-refractivity contribution is -0.153. The Morgan fingerprint density at radius 3 is 2.53 bits per heavy atom. The van der Waals surface area contributed by atoms with Crippen LogP contribution in [0, 0.1) is 11.8 Å². The Hall–Kier alpha value is -3.33. The second-order valence-electron chi connectivity index (χ2n) is 7.35. The van der Waals surface area contributed by atoms with Crippen LogP contribution in [0.15, 0.2) is 47.3 Å². The minimum atomic E-state index is -0.707. The Balaban J connectivity index is 1.29. The van der Waals surface area contributed by atoms with E-state index in [1.54, 1.807) is 0 Å². The molecule has 2 unspecified atom stereocenters. The number of amides is 2. The van der Waals surface area contributed by atoms with Gasteiger partial charge in [0.1, 0.15) is 13.2 Å². The van der Waals surface area contributed by atoms with Gasteiger partial charge in [0.15, 0.2) is 4.96 Å². The number of carbonyl (C=O) groups is 3. The molecule has 3 heterocycles. The Labute approximate surface area is 174 Å². The lowest BCUT2D eigenvalue weighted by Gasteiger charge is -2.14. The van der Waals surface area contributed by atoms with Crippen molar-refractivity contribution in [1.82, 2.24) is 14.3 Å². The first-order valence-electron chi connectivity index (χ1n) is 9.59. The normalized spacial score (nSPS) is 20.9. The second kappa shape index (κ2) is 7.17. The molecule has 2 aliphatic rings. The molecule has 5 rings (SSSR count). The number of hydrogen-bond donors (Lipinski definition) is 0. The number of thiazole rings is 1. The Morgan fingerprint density at radius 1 is 1.10 bits per heavy atom. The van der Waals surface area contributed by atoms with E-state index in [2.05, 4.69) is 4.98 Å². The summed E-state index contributed by atoms with van der Waals surface area (Å²) < 4.78 is 7.66. The van der Waals surface area contributed by atoms with E-state index >= 15 is 0 Å². The number of fused-ring (bicyclic) bond motifs is 4. The van der Waals surface area contributed by atoms with Crippen LogP contribution in [-0.4, -0.2) is 38.6 Å². The zero-order valence-electron chi connectivity index (χ0n) is 15.8. The van der Waals surface area contributed by atoms with E-state index in [1.807, 2.05) is 36.4 Å². The van der Waals surface area contributed by atoms with Crippen molar-refractivity contribution in [3.05, 3.63) is 58.5 Å². The summed E-state index contributed by atoms with van der Waals surface area (Å²) >= 11 is 1.37. The highest BCUT2D eigenvalue weighted by molar-refractivity contribution is 7.23. The summed E-state index contributed by atoms with van der Waals surface area (Å²) in [4.78, 5) is 55.6. The van der Waals surface area contributed by atoms with Crippen LogP contribution < -0.4 is 5.56 Å². The van der Waals surface area contributed by atoms with Crippen molar-refractivity contribution in [2.75, 3.05) is 6.54 Å². The van der Waals surface area contributed by atoms with Gasteiger partial charge in [-0.1, -0.05) is 35.6 Å². The third kappa shape index (κ3) is 3.02. The van der Waals surface area contributed by atoms with Crippen molar-refractivity contribution in [3.8, 4) is 0 Å². The van der Waals surface area contributed by atoms with Gasteiger partial charge >= 0.3 is 5.97 Å². The Kier molecular flexibility index (Phi) is 4.47. The lowest BCUT2D eigenvalue weighted by atomic mass is 9.85. The van der Waals surface area contributed by atoms with Gasteiger partial charge in [0.25, 0.3) is 5.56 Å². The quantitative estimate of drug-likeness (QED) is 0.361. The van der Waals surface area contributed by atoms with Crippen LogP contribution >= 0.6 is 11.3 Å². The van der Waals surface area contributed by atoms with Crippen LogP contribution in [0.5, 0.6) is 0 Å². The number of carbonyl (C=O) groups excluding carboxylic acids is 3. The van der Waals surface area contributed by atoms with E-state index in [0.29, 0.717) is 23.5 Å². The first-order chi connectivity index (χ1) is 14.5. The summed E-state index contributed by atoms with van der Waals surface area (Å²) in [6.45, 7) is -0.627. The number of nitrogens with zero attached hydrogens (tertiary/aromatic N) is 3. The average molecular weight is 423 g/mol. The van der Waals surface area contributed by atoms with E-state index in [-0.39, 0.29) is 35.8 Å². The van der Waals surface area contributed by atoms with E-state index in [4.69, 9.17) is 4.74 Å². The van der Waals surface area contributed by atoms with Gasteiger partial charge in [0.2, 0.25) is 11.8 Å². The summed E-state index contributed by atoms with van der Waals surface area (Å²) in [5.74, 6) is -2.12. The number of aromatic nitrogens is 2. The number of rotatable bonds is 4. The van der Waals surface area contributed by atoms with E-state index in [0.717, 1.165) is 15.1 Å². The van der Waals surface area contributed by atoms with Crippen molar-refractivity contribution in [2.45, 2.75) is 19.4 Å². The van der Waals surface area contributed by atoms with Crippen molar-refractivity contribution >= 4 is 44.3 Å². The zero-order chi connectivity index (χ0) is 20.8. The maximum Gasteiger partial charge on any atom is 0.326 e. The molecule has 3 aromatic rings. The minimum absolute atomic E-state index is 0.205. The largest absolute Gasteiger partial charge is 0.458 e. The highest BCUT2D eigenvalue weighted by atomic mass is 32.1. The summed E-state index contributed by atoms with van der Waals surface area (Å²) in [7, 11) is 0. The molecule has 9 heteroatoms. The number of ether oxygens (including phenoxy) is 1. The second-order valence-corrected chi connectivity index (χ2v) is 8.36. The summed E-state index contributed by atoms with van der Waals surface area (Å²) in [5, 5.41) is 0. The molecular formula is C21H17N3O5S. The predicted molar refractivity (Wildman–Crippen MR) is 109 cm³/mol. The molecule has 0 radical (unpaired) electrons. The van der Waals surface area contributed by atoms with Crippen molar-refractivity contribution in [2.24, 2.45) is 11.8 Å². The van der Waals surface area contributed by atoms with Crippen LogP contribution in [0.25, 0.3) is 15.2 Å². The van der Waals surface area contributed by atoms with E-state index in [9.17, 15) is 19.2 Å². The number of benzene rings is 1. The highest BCUT2D eigenvalue weighted by Gasteiger charge is 2.47. The van der Waals surface area contributed by atoms with Gasteiger partial charge in [-0.25, -0.2) is 4.98 Å². The minimum Gasteiger partial charge on any atom is -0.458 e. The first kappa shape index (κ1) is 18.7. The van der Waals surface area contributed by atoms with Crippen molar-refractivity contribution in [1.29, 1.82) is 0 Å². The molecule has 1 aliphatic heterocycles. The maximum absolute atomic E-state index is 12.5. The summed E-state index contributed by atoms with van der Waals surface area (Å²) in [6.07, 6.45) is 4.82. The van der Waals surface area contributed by atoms with Crippen LogP contribution in [0.3, 0.4) is 0 Å². The molecule has 30 heavy (non-hydrogen) atoms. The van der Waals surface area contributed by atoms with E-state index in [1.165, 1.54) is 21.8 Å². The van der Waals surface area contributed by atoms with Crippen LogP contribution in [0.4, 0.5) is 0 Å². The molecule has 0 saturated carbocycles. The predicted octanol–water partition coefficient (Wildman–Crippen LogP) is 1.90. The molecule has 152 valence electrons. The maximum atomic E-state index is 12.5. The monoisotopic (exact) mass is 423 g/mol. The fraction of sp³-hybridized carbons (Fsp3) is 0.286. The molecule has 1 saturated heterocycles. The SMILES string of the molecule is O=C(CN1C(=O)C2CC=CCC2C1=O)OCc1cc(=O)n2c(n1)sc1ccccc12. The average Bonchev–Trinajstić information content (AvgIpc) is 3.24. The number of imide groups is 1. The fourth-order valence-corrected chi connectivity index (χ4v) is 5.10. The van der Waals surface area contributed by atoms with Crippen LogP contribution in [0.1, 0.15) is 18.5 Å². The molecule has 1 aliphatic carbocycles. The number of allylic oxidation sites excluding steroid dienone is 2. The van der Waals surface area contributed by atoms with E-state index < -0.39 is 12.5 Å². The van der Waals surface area contributed by atoms with Gasteiger partial charge in [0.05, 0.1) is 27.7 Å². The molecule has 2 atom stereocenters. The molecule has 2 amide bonds. The highest BCUT2D eigenvalue weighted by Crippen LogP contribution is 2.34. The summed E-state index contributed by atoms with van der Waals surface area (Å²) in [5.41, 5.74) is 0.836. The number of para-hydroxylation sites is 1. The van der Waals surface area contributed by atoms with Gasteiger partial charge in [0, 0.05) is 6.07 Å². The Morgan fingerprint density at radius 2 is 1.80 bits per heavy atom. The number of hydrogen-bond acceptors (Lipinski definition) is 7. The molecule has 2 aromatic heterocycles. The molecule has 0 N–H and O–H groups in total. The van der Waals surface area contributed by atoms with Crippen molar-refractivity contribution < 1.29 is 19.1 Å². The third-order valence-electron chi connectivity index (χ3n) is 5.52. The summed E-state index contributed by atoms with van der Waals surface area (Å²) in [6, 6.07) is 8.82. The van der Waals surface area contributed by atoms with Crippen molar-refractivity contribution in [3.63, 3.8) is 0 Å². The van der Waals surface area contributed by atoms with Gasteiger partial charge in [-0.2, -0.15) is 0 Å². The van der Waals surface area contributed by atoms with Gasteiger partial charge in [-0.15, -0.1) is 0 Å². The molecule has 1 fully saturated rings. The zero-order valence-corrected chi connectivity index (χ0v) is 16.6. The molecule has 0 bridgehead atoms. The molecule has 0 spiro atoms. The van der Waals surface area contributed by atoms with Gasteiger partial charge in [-0.05, 0) is 25.0 Å². The molecule has 8 nitrogen and oxygen atoms in total. The Bertz CT molecular complexity index is 1260. The first-order valence-corrected chi connectivity index (χ1v) is 10.4. The molecule has 1 aromatic carbocycles. The standard InChI is InChI=1S/C21H17N3O5S/c25-17-9-12(22-21-24(17)15-7-3-4-8-16(15)30-21)11-29-18(26)10-23-19(27)13-5-1-2-6-14(13)20(23)28/h1-4,7-9,13-14H,5-6,10-11H2. The number of esters is 1. The van der Waals surface area contributed by atoms with Gasteiger partial charge < -0.3 is 4.74 Å². The molecular weight excluding hydrogens is 406 g/mol.